The fourth-order valence-corrected chi connectivity index (χ4v) is 1.46. The first-order valence-electron chi connectivity index (χ1n) is 4.28. The van der Waals surface area contributed by atoms with Crippen LogP contribution in [-0.2, 0) is 0 Å². The minimum atomic E-state index is 0.178. The van der Waals surface area contributed by atoms with Crippen LogP contribution in [0, 0.1) is 0 Å². The van der Waals surface area contributed by atoms with Gasteiger partial charge in [-0.15, -0.1) is 0 Å². The van der Waals surface area contributed by atoms with Gasteiger partial charge in [0, 0.05) is 0 Å². The molecule has 0 aliphatic heterocycles. The average molecular weight is 225 g/mol. The number of methoxy groups -OCH3 is 1. The Morgan fingerprint density at radius 1 is 1.40 bits per heavy atom. The molecule has 78 valence electrons. The number of nitrogens with zero attached hydrogens (tertiary/aromatic N) is 1. The van der Waals surface area contributed by atoms with E-state index in [1.807, 2.05) is 24.3 Å². The molecule has 0 saturated heterocycles. The lowest BCUT2D eigenvalue weighted by atomic mass is 10.1. The van der Waals surface area contributed by atoms with Gasteiger partial charge in [0.1, 0.15) is 10.8 Å². The first-order valence-corrected chi connectivity index (χ1v) is 4.66. The van der Waals surface area contributed by atoms with Crippen molar-refractivity contribution in [1.29, 1.82) is 0 Å². The number of para-hydroxylation sites is 1. The number of benzene rings is 1. The monoisotopic (exact) mass is 224 g/mol. The molecule has 0 bridgehead atoms. The number of nitrogen functional groups attached to an aromatic ring is 1. The summed E-state index contributed by atoms with van der Waals surface area (Å²) in [4.78, 5) is 0. The zero-order valence-corrected chi connectivity index (χ0v) is 8.78. The molecule has 5 heteroatoms. The van der Waals surface area contributed by atoms with Gasteiger partial charge in [0.25, 0.3) is 0 Å². The quantitative estimate of drug-likeness (QED) is 0.852. The van der Waals surface area contributed by atoms with Crippen molar-refractivity contribution in [2.24, 2.45) is 0 Å². The summed E-state index contributed by atoms with van der Waals surface area (Å²) < 4.78 is 10.2. The van der Waals surface area contributed by atoms with E-state index in [-0.39, 0.29) is 5.82 Å². The van der Waals surface area contributed by atoms with Crippen LogP contribution < -0.4 is 10.5 Å². The predicted octanol–water partition coefficient (Wildman–Crippen LogP) is 2.59. The number of rotatable bonds is 2. The van der Waals surface area contributed by atoms with Crippen LogP contribution in [0.4, 0.5) is 5.82 Å². The standard InChI is InChI=1S/C10H9ClN2O2/c1-14-7-5-3-2-4-6(7)9-8(11)10(12)13-15-9/h2-5H,1H3,(H2,12,13). The Morgan fingerprint density at radius 3 is 2.73 bits per heavy atom. The van der Waals surface area contributed by atoms with Crippen molar-refractivity contribution in [3.8, 4) is 17.1 Å². The lowest BCUT2D eigenvalue weighted by Gasteiger charge is -2.04. The lowest BCUT2D eigenvalue weighted by Crippen LogP contribution is -1.87. The van der Waals surface area contributed by atoms with Crippen LogP contribution in [-0.4, -0.2) is 12.3 Å². The molecule has 0 atom stereocenters. The van der Waals surface area contributed by atoms with Gasteiger partial charge >= 0.3 is 0 Å². The number of nitrogens with two attached hydrogens (primary N) is 1. The maximum absolute atomic E-state index is 5.94. The van der Waals surface area contributed by atoms with Gasteiger partial charge < -0.3 is 15.0 Å². The first-order chi connectivity index (χ1) is 7.24. The van der Waals surface area contributed by atoms with Crippen LogP contribution in [0.15, 0.2) is 28.8 Å². The first kappa shape index (κ1) is 9.86. The van der Waals surface area contributed by atoms with E-state index in [1.54, 1.807) is 7.11 Å². The molecule has 0 spiro atoms. The van der Waals surface area contributed by atoms with E-state index in [9.17, 15) is 0 Å². The highest BCUT2D eigenvalue weighted by Gasteiger charge is 2.16. The van der Waals surface area contributed by atoms with Crippen molar-refractivity contribution in [1.82, 2.24) is 5.16 Å². The van der Waals surface area contributed by atoms with Crippen LogP contribution in [0.1, 0.15) is 0 Å². The summed E-state index contributed by atoms with van der Waals surface area (Å²) in [7, 11) is 1.58. The number of hydrogen-bond acceptors (Lipinski definition) is 4. The molecule has 0 unspecified atom stereocenters. The zero-order chi connectivity index (χ0) is 10.8. The van der Waals surface area contributed by atoms with Crippen LogP contribution in [0.3, 0.4) is 0 Å². The summed E-state index contributed by atoms with van der Waals surface area (Å²) in [5.74, 6) is 1.26. The van der Waals surface area contributed by atoms with E-state index < -0.39 is 0 Å². The Balaban J connectivity index is 2.58. The molecule has 0 aliphatic rings. The molecule has 1 heterocycles. The Kier molecular flexibility index (Phi) is 2.51. The molecule has 0 fully saturated rings. The number of hydrogen-bond donors (Lipinski definition) is 1. The van der Waals surface area contributed by atoms with E-state index in [2.05, 4.69) is 5.16 Å². The van der Waals surface area contributed by atoms with Gasteiger partial charge in [-0.05, 0) is 12.1 Å². The van der Waals surface area contributed by atoms with Crippen LogP contribution in [0.25, 0.3) is 11.3 Å². The Bertz CT molecular complexity index is 482. The smallest absolute Gasteiger partial charge is 0.191 e. The molecular weight excluding hydrogens is 216 g/mol. The average Bonchev–Trinajstić information content (AvgIpc) is 2.60. The third-order valence-electron chi connectivity index (χ3n) is 2.01. The maximum atomic E-state index is 5.94. The molecule has 1 aromatic heterocycles. The summed E-state index contributed by atoms with van der Waals surface area (Å²) in [6.45, 7) is 0. The van der Waals surface area contributed by atoms with Crippen molar-refractivity contribution in [3.63, 3.8) is 0 Å². The number of ether oxygens (including phenoxy) is 1. The minimum absolute atomic E-state index is 0.178. The maximum Gasteiger partial charge on any atom is 0.191 e. The van der Waals surface area contributed by atoms with E-state index >= 15 is 0 Å². The number of anilines is 1. The Morgan fingerprint density at radius 2 is 2.13 bits per heavy atom. The Hall–Kier alpha value is -1.68. The number of aromatic nitrogens is 1. The summed E-state index contributed by atoms with van der Waals surface area (Å²) in [6.07, 6.45) is 0. The summed E-state index contributed by atoms with van der Waals surface area (Å²) in [5, 5.41) is 3.89. The van der Waals surface area contributed by atoms with E-state index in [1.165, 1.54) is 0 Å². The van der Waals surface area contributed by atoms with Gasteiger partial charge in [0.2, 0.25) is 0 Å². The number of halogens is 1. The molecule has 1 aromatic carbocycles. The minimum Gasteiger partial charge on any atom is -0.496 e. The van der Waals surface area contributed by atoms with Gasteiger partial charge in [-0.2, -0.15) is 0 Å². The van der Waals surface area contributed by atoms with Crippen molar-refractivity contribution >= 4 is 17.4 Å². The van der Waals surface area contributed by atoms with Crippen molar-refractivity contribution in [2.75, 3.05) is 12.8 Å². The highest BCUT2D eigenvalue weighted by atomic mass is 35.5. The second-order valence-electron chi connectivity index (χ2n) is 2.91. The van der Waals surface area contributed by atoms with Crippen LogP contribution in [0.5, 0.6) is 5.75 Å². The van der Waals surface area contributed by atoms with Crippen molar-refractivity contribution < 1.29 is 9.26 Å². The summed E-state index contributed by atoms with van der Waals surface area (Å²) in [6, 6.07) is 7.35. The normalized spacial score (nSPS) is 10.3. The topological polar surface area (TPSA) is 61.3 Å². The van der Waals surface area contributed by atoms with Crippen LogP contribution in [0.2, 0.25) is 5.02 Å². The molecule has 2 N–H and O–H groups in total. The molecule has 0 amide bonds. The van der Waals surface area contributed by atoms with E-state index in [0.717, 1.165) is 5.56 Å². The molecule has 4 nitrogen and oxygen atoms in total. The fraction of sp³-hybridized carbons (Fsp3) is 0.100. The second kappa shape index (κ2) is 3.82. The zero-order valence-electron chi connectivity index (χ0n) is 8.03. The third kappa shape index (κ3) is 1.64. The van der Waals surface area contributed by atoms with Crippen LogP contribution >= 0.6 is 11.6 Å². The highest BCUT2D eigenvalue weighted by Crippen LogP contribution is 2.37. The lowest BCUT2D eigenvalue weighted by molar-refractivity contribution is 0.407. The SMILES string of the molecule is COc1ccccc1-c1onc(N)c1Cl. The highest BCUT2D eigenvalue weighted by molar-refractivity contribution is 6.35. The molecule has 0 saturated carbocycles. The molecule has 2 aromatic rings. The molecule has 2 rings (SSSR count). The van der Waals surface area contributed by atoms with Crippen molar-refractivity contribution in [3.05, 3.63) is 29.3 Å². The van der Waals surface area contributed by atoms with Gasteiger partial charge in [0.15, 0.2) is 11.6 Å². The largest absolute Gasteiger partial charge is 0.496 e. The van der Waals surface area contributed by atoms with E-state index in [4.69, 9.17) is 26.6 Å². The van der Waals surface area contributed by atoms with Gasteiger partial charge in [-0.25, -0.2) is 0 Å². The summed E-state index contributed by atoms with van der Waals surface area (Å²) in [5.41, 5.74) is 6.22. The van der Waals surface area contributed by atoms with Gasteiger partial charge in [0.05, 0.1) is 12.7 Å². The molecule has 15 heavy (non-hydrogen) atoms. The van der Waals surface area contributed by atoms with E-state index in [0.29, 0.717) is 16.5 Å². The molecular formula is C10H9ClN2O2. The van der Waals surface area contributed by atoms with Crippen molar-refractivity contribution in [2.45, 2.75) is 0 Å². The molecule has 0 aliphatic carbocycles. The van der Waals surface area contributed by atoms with Gasteiger partial charge in [-0.1, -0.05) is 28.9 Å². The predicted molar refractivity (Wildman–Crippen MR) is 57.9 cm³/mol. The summed E-state index contributed by atoms with van der Waals surface area (Å²) >= 11 is 5.94. The third-order valence-corrected chi connectivity index (χ3v) is 2.38. The second-order valence-corrected chi connectivity index (χ2v) is 3.29. The fourth-order valence-electron chi connectivity index (χ4n) is 1.29. The molecule has 0 radical (unpaired) electrons. The Labute approximate surface area is 91.6 Å². The van der Waals surface area contributed by atoms with Gasteiger partial charge in [-0.3, -0.25) is 0 Å².